The van der Waals surface area contributed by atoms with Crippen molar-refractivity contribution in [2.45, 2.75) is 6.10 Å². The average molecular weight is 238 g/mol. The lowest BCUT2D eigenvalue weighted by Crippen LogP contribution is -1.95. The first-order valence-electron chi connectivity index (χ1n) is 5.76. The van der Waals surface area contributed by atoms with Crippen LogP contribution in [0.2, 0.25) is 0 Å². The van der Waals surface area contributed by atoms with E-state index in [0.717, 1.165) is 17.4 Å². The van der Waals surface area contributed by atoms with E-state index in [9.17, 15) is 9.90 Å². The Hall–Kier alpha value is -2.19. The molecule has 0 saturated heterocycles. The van der Waals surface area contributed by atoms with Crippen molar-refractivity contribution in [2.75, 3.05) is 0 Å². The highest BCUT2D eigenvalue weighted by Gasteiger charge is 2.06. The van der Waals surface area contributed by atoms with E-state index in [1.54, 1.807) is 6.08 Å². The van der Waals surface area contributed by atoms with Gasteiger partial charge < -0.3 is 5.11 Å². The summed E-state index contributed by atoms with van der Waals surface area (Å²) in [6.07, 6.45) is 1.56. The zero-order valence-corrected chi connectivity index (χ0v) is 9.86. The summed E-state index contributed by atoms with van der Waals surface area (Å²) in [5, 5.41) is 10.0. The molecule has 2 nitrogen and oxygen atoms in total. The van der Waals surface area contributed by atoms with Crippen LogP contribution in [0.15, 0.2) is 66.7 Å². The number of carbonyl (C=O) groups is 1. The van der Waals surface area contributed by atoms with Crippen molar-refractivity contribution >= 4 is 11.9 Å². The van der Waals surface area contributed by atoms with Gasteiger partial charge in [-0.2, -0.15) is 0 Å². The molecular formula is C16H14O2. The average Bonchev–Trinajstić information content (AvgIpc) is 2.46. The van der Waals surface area contributed by atoms with Crippen LogP contribution in [-0.4, -0.2) is 11.4 Å². The highest BCUT2D eigenvalue weighted by atomic mass is 16.3. The standard InChI is InChI=1S/C16H14O2/c17-12-15(13-7-3-1-4-8-13)11-16(18)14-9-5-2-6-10-14/h1-12,16,18H/t16-/m1/s1. The van der Waals surface area contributed by atoms with Gasteiger partial charge in [-0.1, -0.05) is 60.7 Å². The summed E-state index contributed by atoms with van der Waals surface area (Å²) in [6, 6.07) is 18.6. The topological polar surface area (TPSA) is 37.3 Å². The third kappa shape index (κ3) is 2.93. The molecule has 18 heavy (non-hydrogen) atoms. The summed E-state index contributed by atoms with van der Waals surface area (Å²) < 4.78 is 0. The maximum absolute atomic E-state index is 11.1. The molecule has 0 aliphatic heterocycles. The Morgan fingerprint density at radius 3 is 2.06 bits per heavy atom. The zero-order valence-electron chi connectivity index (χ0n) is 9.86. The van der Waals surface area contributed by atoms with Gasteiger partial charge in [0.05, 0.1) is 6.10 Å². The van der Waals surface area contributed by atoms with Gasteiger partial charge in [-0.05, 0) is 17.2 Å². The number of benzene rings is 2. The third-order valence-corrected chi connectivity index (χ3v) is 2.71. The molecule has 0 fully saturated rings. The van der Waals surface area contributed by atoms with Crippen LogP contribution in [0.4, 0.5) is 0 Å². The predicted molar refractivity (Wildman–Crippen MR) is 71.9 cm³/mol. The fourth-order valence-electron chi connectivity index (χ4n) is 1.75. The second kappa shape index (κ2) is 5.94. The lowest BCUT2D eigenvalue weighted by molar-refractivity contribution is -0.103. The zero-order chi connectivity index (χ0) is 12.8. The maximum atomic E-state index is 11.1. The van der Waals surface area contributed by atoms with Crippen LogP contribution in [0.3, 0.4) is 0 Å². The van der Waals surface area contributed by atoms with Crippen molar-refractivity contribution in [1.29, 1.82) is 0 Å². The van der Waals surface area contributed by atoms with Crippen LogP contribution in [0, 0.1) is 0 Å². The lowest BCUT2D eigenvalue weighted by atomic mass is 10.0. The molecule has 90 valence electrons. The van der Waals surface area contributed by atoms with Crippen LogP contribution in [0.5, 0.6) is 0 Å². The van der Waals surface area contributed by atoms with E-state index in [4.69, 9.17) is 0 Å². The molecule has 0 unspecified atom stereocenters. The van der Waals surface area contributed by atoms with E-state index < -0.39 is 6.10 Å². The number of rotatable bonds is 4. The molecule has 2 rings (SSSR count). The molecule has 0 bridgehead atoms. The summed E-state index contributed by atoms with van der Waals surface area (Å²) in [4.78, 5) is 11.1. The van der Waals surface area contributed by atoms with Gasteiger partial charge in [0.25, 0.3) is 0 Å². The Labute approximate surface area is 106 Å². The van der Waals surface area contributed by atoms with Crippen molar-refractivity contribution in [3.8, 4) is 0 Å². The summed E-state index contributed by atoms with van der Waals surface area (Å²) in [5.74, 6) is 0. The fourth-order valence-corrected chi connectivity index (χ4v) is 1.75. The van der Waals surface area contributed by atoms with Crippen LogP contribution in [-0.2, 0) is 4.79 Å². The van der Waals surface area contributed by atoms with Gasteiger partial charge in [0.1, 0.15) is 6.29 Å². The number of allylic oxidation sites excluding steroid dienone is 1. The Kier molecular flexibility index (Phi) is 4.05. The highest BCUT2D eigenvalue weighted by Crippen LogP contribution is 2.19. The number of aldehydes is 1. The van der Waals surface area contributed by atoms with Crippen molar-refractivity contribution < 1.29 is 9.90 Å². The van der Waals surface area contributed by atoms with Gasteiger partial charge in [-0.15, -0.1) is 0 Å². The second-order valence-electron chi connectivity index (χ2n) is 3.96. The normalized spacial score (nSPS) is 13.1. The largest absolute Gasteiger partial charge is 0.384 e. The first-order chi connectivity index (χ1) is 8.81. The molecule has 0 radical (unpaired) electrons. The van der Waals surface area contributed by atoms with Crippen LogP contribution < -0.4 is 0 Å². The highest BCUT2D eigenvalue weighted by molar-refractivity contribution is 6.06. The van der Waals surface area contributed by atoms with Gasteiger partial charge in [0, 0.05) is 5.57 Å². The van der Waals surface area contributed by atoms with Gasteiger partial charge in [-0.25, -0.2) is 0 Å². The fraction of sp³-hybridized carbons (Fsp3) is 0.0625. The number of hydrogen-bond donors (Lipinski definition) is 1. The molecule has 0 aliphatic rings. The summed E-state index contributed by atoms with van der Waals surface area (Å²) in [6.45, 7) is 0. The quantitative estimate of drug-likeness (QED) is 0.656. The molecule has 1 atom stereocenters. The third-order valence-electron chi connectivity index (χ3n) is 2.71. The monoisotopic (exact) mass is 238 g/mol. The Balaban J connectivity index is 2.28. The van der Waals surface area contributed by atoms with Crippen molar-refractivity contribution in [1.82, 2.24) is 0 Å². The van der Waals surface area contributed by atoms with E-state index in [0.29, 0.717) is 5.57 Å². The number of aliphatic hydroxyl groups excluding tert-OH is 1. The van der Waals surface area contributed by atoms with E-state index in [2.05, 4.69) is 0 Å². The van der Waals surface area contributed by atoms with Crippen molar-refractivity contribution in [3.63, 3.8) is 0 Å². The minimum absolute atomic E-state index is 0.493. The van der Waals surface area contributed by atoms with Gasteiger partial charge in [-0.3, -0.25) is 4.79 Å². The molecule has 0 spiro atoms. The number of carbonyl (C=O) groups excluding carboxylic acids is 1. The van der Waals surface area contributed by atoms with E-state index in [1.165, 1.54) is 0 Å². The summed E-state index contributed by atoms with van der Waals surface area (Å²) in [5.41, 5.74) is 2.07. The Bertz CT molecular complexity index is 530. The molecule has 0 amide bonds. The van der Waals surface area contributed by atoms with E-state index in [-0.39, 0.29) is 0 Å². The Morgan fingerprint density at radius 1 is 0.944 bits per heavy atom. The Morgan fingerprint density at radius 2 is 1.50 bits per heavy atom. The summed E-state index contributed by atoms with van der Waals surface area (Å²) >= 11 is 0. The second-order valence-corrected chi connectivity index (χ2v) is 3.96. The molecule has 2 aromatic rings. The van der Waals surface area contributed by atoms with Gasteiger partial charge in [0.15, 0.2) is 0 Å². The maximum Gasteiger partial charge on any atom is 0.150 e. The number of aliphatic hydroxyl groups is 1. The summed E-state index contributed by atoms with van der Waals surface area (Å²) in [7, 11) is 0. The number of hydrogen-bond acceptors (Lipinski definition) is 2. The van der Waals surface area contributed by atoms with Crippen LogP contribution in [0.25, 0.3) is 5.57 Å². The van der Waals surface area contributed by atoms with Gasteiger partial charge >= 0.3 is 0 Å². The van der Waals surface area contributed by atoms with E-state index >= 15 is 0 Å². The van der Waals surface area contributed by atoms with Gasteiger partial charge in [0.2, 0.25) is 0 Å². The smallest absolute Gasteiger partial charge is 0.150 e. The molecule has 0 heterocycles. The molecule has 2 heteroatoms. The van der Waals surface area contributed by atoms with Crippen LogP contribution in [0.1, 0.15) is 17.2 Å². The molecule has 0 saturated carbocycles. The van der Waals surface area contributed by atoms with E-state index in [1.807, 2.05) is 60.7 Å². The minimum Gasteiger partial charge on any atom is -0.384 e. The first kappa shape index (κ1) is 12.3. The molecule has 0 aromatic heterocycles. The molecular weight excluding hydrogens is 224 g/mol. The molecule has 0 aliphatic carbocycles. The van der Waals surface area contributed by atoms with Crippen molar-refractivity contribution in [2.24, 2.45) is 0 Å². The first-order valence-corrected chi connectivity index (χ1v) is 5.76. The van der Waals surface area contributed by atoms with Crippen molar-refractivity contribution in [3.05, 3.63) is 77.9 Å². The molecule has 2 aromatic carbocycles. The van der Waals surface area contributed by atoms with Crippen LogP contribution >= 0.6 is 0 Å². The predicted octanol–water partition coefficient (Wildman–Crippen LogP) is 3.00. The molecule has 1 N–H and O–H groups in total. The SMILES string of the molecule is O=CC(=C[C@@H](O)c1ccccc1)c1ccccc1. The minimum atomic E-state index is -0.772. The lowest BCUT2D eigenvalue weighted by Gasteiger charge is -2.07.